The van der Waals surface area contributed by atoms with Crippen molar-refractivity contribution in [1.82, 2.24) is 4.98 Å². The van der Waals surface area contributed by atoms with E-state index >= 15 is 0 Å². The van der Waals surface area contributed by atoms with Crippen molar-refractivity contribution in [3.8, 4) is 0 Å². The van der Waals surface area contributed by atoms with E-state index in [-0.39, 0.29) is 6.61 Å². The van der Waals surface area contributed by atoms with Crippen LogP contribution in [0.15, 0.2) is 18.3 Å². The first-order chi connectivity index (χ1) is 7.65. The Morgan fingerprint density at radius 3 is 2.88 bits per heavy atom. The van der Waals surface area contributed by atoms with Crippen LogP contribution >= 0.6 is 11.6 Å². The van der Waals surface area contributed by atoms with Crippen LogP contribution in [0.1, 0.15) is 18.4 Å². The van der Waals surface area contributed by atoms with Gasteiger partial charge in [0, 0.05) is 12.8 Å². The second-order valence-corrected chi connectivity index (χ2v) is 3.92. The molecule has 0 amide bonds. The Kier molecular flexibility index (Phi) is 5.22. The molecule has 0 fully saturated rings. The number of hydrogen-bond donors (Lipinski definition) is 2. The summed E-state index contributed by atoms with van der Waals surface area (Å²) in [6, 6.07) is 3.50. The van der Waals surface area contributed by atoms with Gasteiger partial charge in [0.1, 0.15) is 5.15 Å². The summed E-state index contributed by atoms with van der Waals surface area (Å²) in [7, 11) is 0. The van der Waals surface area contributed by atoms with Crippen molar-refractivity contribution < 1.29 is 15.0 Å². The SMILES string of the molecule is O=C(O)C(CCCO)Cc1cccnc1Cl. The number of hydrogen-bond acceptors (Lipinski definition) is 3. The summed E-state index contributed by atoms with van der Waals surface area (Å²) in [5.41, 5.74) is 0.731. The van der Waals surface area contributed by atoms with Gasteiger partial charge in [-0.3, -0.25) is 4.79 Å². The predicted molar refractivity (Wildman–Crippen MR) is 60.4 cm³/mol. The predicted octanol–water partition coefficient (Wildman–Crippen LogP) is 1.75. The van der Waals surface area contributed by atoms with Gasteiger partial charge >= 0.3 is 5.97 Å². The average Bonchev–Trinajstić information content (AvgIpc) is 2.26. The molecule has 0 bridgehead atoms. The fourth-order valence-corrected chi connectivity index (χ4v) is 1.68. The van der Waals surface area contributed by atoms with Crippen LogP contribution in [-0.4, -0.2) is 27.8 Å². The van der Waals surface area contributed by atoms with Crippen LogP contribution in [-0.2, 0) is 11.2 Å². The Bertz CT molecular complexity index is 357. The molecule has 5 heteroatoms. The van der Waals surface area contributed by atoms with Crippen LogP contribution in [0, 0.1) is 5.92 Å². The second kappa shape index (κ2) is 6.45. The summed E-state index contributed by atoms with van der Waals surface area (Å²) >= 11 is 5.85. The summed E-state index contributed by atoms with van der Waals surface area (Å²) in [5, 5.41) is 18.0. The zero-order chi connectivity index (χ0) is 12.0. The number of aliphatic hydroxyl groups is 1. The quantitative estimate of drug-likeness (QED) is 0.747. The molecule has 0 aliphatic heterocycles. The van der Waals surface area contributed by atoms with Crippen molar-refractivity contribution in [3.63, 3.8) is 0 Å². The van der Waals surface area contributed by atoms with E-state index in [1.54, 1.807) is 18.3 Å². The minimum atomic E-state index is -0.867. The summed E-state index contributed by atoms with van der Waals surface area (Å²) in [6.07, 6.45) is 2.84. The number of carboxylic acid groups (broad SMARTS) is 1. The second-order valence-electron chi connectivity index (χ2n) is 3.56. The van der Waals surface area contributed by atoms with Gasteiger partial charge in [-0.2, -0.15) is 0 Å². The lowest BCUT2D eigenvalue weighted by atomic mass is 9.96. The van der Waals surface area contributed by atoms with Crippen molar-refractivity contribution in [1.29, 1.82) is 0 Å². The smallest absolute Gasteiger partial charge is 0.306 e. The minimum Gasteiger partial charge on any atom is -0.481 e. The van der Waals surface area contributed by atoms with E-state index in [1.165, 1.54) is 0 Å². The zero-order valence-corrected chi connectivity index (χ0v) is 9.52. The third-order valence-corrected chi connectivity index (χ3v) is 2.70. The first kappa shape index (κ1) is 12.9. The molecule has 0 aliphatic rings. The Morgan fingerprint density at radius 1 is 1.56 bits per heavy atom. The highest BCUT2D eigenvalue weighted by atomic mass is 35.5. The number of rotatable bonds is 6. The van der Waals surface area contributed by atoms with E-state index in [0.29, 0.717) is 24.4 Å². The molecular formula is C11H14ClNO3. The molecule has 1 aromatic heterocycles. The van der Waals surface area contributed by atoms with E-state index in [2.05, 4.69) is 4.98 Å². The normalized spacial score (nSPS) is 12.4. The van der Waals surface area contributed by atoms with E-state index in [1.807, 2.05) is 0 Å². The highest BCUT2D eigenvalue weighted by Gasteiger charge is 2.18. The molecule has 1 aromatic rings. The fraction of sp³-hybridized carbons (Fsp3) is 0.455. The summed E-state index contributed by atoms with van der Waals surface area (Å²) in [6.45, 7) is 0.00452. The molecule has 88 valence electrons. The number of carbonyl (C=O) groups is 1. The van der Waals surface area contributed by atoms with Crippen LogP contribution in [0.3, 0.4) is 0 Å². The first-order valence-corrected chi connectivity index (χ1v) is 5.46. The average molecular weight is 244 g/mol. The lowest BCUT2D eigenvalue weighted by Gasteiger charge is -2.11. The highest BCUT2D eigenvalue weighted by molar-refractivity contribution is 6.30. The van der Waals surface area contributed by atoms with E-state index < -0.39 is 11.9 Å². The summed E-state index contributed by atoms with van der Waals surface area (Å²) in [5.74, 6) is -1.39. The van der Waals surface area contributed by atoms with Crippen molar-refractivity contribution in [2.24, 2.45) is 5.92 Å². The minimum absolute atomic E-state index is 0.00452. The zero-order valence-electron chi connectivity index (χ0n) is 8.77. The number of halogens is 1. The summed E-state index contributed by atoms with van der Waals surface area (Å²) in [4.78, 5) is 14.9. The van der Waals surface area contributed by atoms with Gasteiger partial charge in [0.05, 0.1) is 5.92 Å². The maximum Gasteiger partial charge on any atom is 0.306 e. The molecule has 0 spiro atoms. The molecule has 0 radical (unpaired) electrons. The fourth-order valence-electron chi connectivity index (χ4n) is 1.49. The standard InChI is InChI=1S/C11H14ClNO3/c12-10-8(3-1-5-13-10)7-9(11(15)16)4-2-6-14/h1,3,5,9,14H,2,4,6-7H2,(H,15,16). The number of aliphatic carboxylic acids is 1. The number of aromatic nitrogens is 1. The van der Waals surface area contributed by atoms with E-state index in [4.69, 9.17) is 21.8 Å². The molecular weight excluding hydrogens is 230 g/mol. The first-order valence-electron chi connectivity index (χ1n) is 5.08. The summed E-state index contributed by atoms with van der Waals surface area (Å²) < 4.78 is 0. The van der Waals surface area contributed by atoms with Gasteiger partial charge in [-0.15, -0.1) is 0 Å². The molecule has 0 saturated carbocycles. The largest absolute Gasteiger partial charge is 0.481 e. The highest BCUT2D eigenvalue weighted by Crippen LogP contribution is 2.19. The molecule has 1 atom stereocenters. The van der Waals surface area contributed by atoms with Gasteiger partial charge in [-0.25, -0.2) is 4.98 Å². The maximum atomic E-state index is 11.0. The molecule has 0 aromatic carbocycles. The molecule has 4 nitrogen and oxygen atoms in total. The maximum absolute atomic E-state index is 11.0. The van der Waals surface area contributed by atoms with Gasteiger partial charge in [0.2, 0.25) is 0 Å². The van der Waals surface area contributed by atoms with E-state index in [0.717, 1.165) is 5.56 Å². The Hall–Kier alpha value is -1.13. The van der Waals surface area contributed by atoms with Crippen LogP contribution in [0.25, 0.3) is 0 Å². The topological polar surface area (TPSA) is 70.4 Å². The van der Waals surface area contributed by atoms with Crippen LogP contribution in [0.4, 0.5) is 0 Å². The van der Waals surface area contributed by atoms with Gasteiger partial charge in [0.15, 0.2) is 0 Å². The lowest BCUT2D eigenvalue weighted by molar-refractivity contribution is -0.142. The molecule has 1 rings (SSSR count). The van der Waals surface area contributed by atoms with Gasteiger partial charge in [0.25, 0.3) is 0 Å². The molecule has 1 heterocycles. The van der Waals surface area contributed by atoms with Crippen molar-refractivity contribution in [3.05, 3.63) is 29.0 Å². The lowest BCUT2D eigenvalue weighted by Crippen LogP contribution is -2.17. The van der Waals surface area contributed by atoms with Crippen LogP contribution in [0.2, 0.25) is 5.15 Å². The third kappa shape index (κ3) is 3.79. The van der Waals surface area contributed by atoms with Crippen molar-refractivity contribution in [2.75, 3.05) is 6.61 Å². The van der Waals surface area contributed by atoms with Crippen molar-refractivity contribution in [2.45, 2.75) is 19.3 Å². The van der Waals surface area contributed by atoms with E-state index in [9.17, 15) is 4.79 Å². The van der Waals surface area contributed by atoms with Crippen LogP contribution < -0.4 is 0 Å². The number of carboxylic acids is 1. The van der Waals surface area contributed by atoms with Crippen LogP contribution in [0.5, 0.6) is 0 Å². The van der Waals surface area contributed by atoms with Crippen molar-refractivity contribution >= 4 is 17.6 Å². The number of nitrogens with zero attached hydrogens (tertiary/aromatic N) is 1. The Labute approximate surface area is 98.9 Å². The third-order valence-electron chi connectivity index (χ3n) is 2.36. The van der Waals surface area contributed by atoms with Gasteiger partial charge in [-0.1, -0.05) is 17.7 Å². The monoisotopic (exact) mass is 243 g/mol. The van der Waals surface area contributed by atoms with Gasteiger partial charge in [-0.05, 0) is 30.9 Å². The van der Waals surface area contributed by atoms with Gasteiger partial charge < -0.3 is 10.2 Å². The Balaban J connectivity index is 2.68. The molecule has 0 aliphatic carbocycles. The number of pyridine rings is 1. The molecule has 16 heavy (non-hydrogen) atoms. The molecule has 2 N–H and O–H groups in total. The molecule has 1 unspecified atom stereocenters. The molecule has 0 saturated heterocycles. The Morgan fingerprint density at radius 2 is 2.31 bits per heavy atom. The number of aliphatic hydroxyl groups excluding tert-OH is 1.